The van der Waals surface area contributed by atoms with Crippen molar-refractivity contribution in [3.8, 4) is 5.75 Å². The van der Waals surface area contributed by atoms with Crippen molar-refractivity contribution < 1.29 is 17.9 Å². The molecule has 2 bridgehead atoms. The van der Waals surface area contributed by atoms with Crippen LogP contribution in [0.4, 0.5) is 5.69 Å². The molecule has 2 heterocycles. The number of morpholine rings is 1. The summed E-state index contributed by atoms with van der Waals surface area (Å²) in [6.45, 7) is 5.96. The smallest absolute Gasteiger partial charge is 0.243 e. The van der Waals surface area contributed by atoms with E-state index in [-0.39, 0.29) is 12.0 Å². The Morgan fingerprint density at radius 2 is 1.73 bits per heavy atom. The van der Waals surface area contributed by atoms with E-state index in [0.717, 1.165) is 32.7 Å². The molecule has 0 saturated carbocycles. The second kappa shape index (κ2) is 7.55. The molecule has 30 heavy (non-hydrogen) atoms. The number of rotatable bonds is 4. The molecule has 0 aromatic heterocycles. The Labute approximate surface area is 178 Å². The molecule has 1 aliphatic carbocycles. The lowest BCUT2D eigenvalue weighted by atomic mass is 9.87. The number of hydrogen-bond donors (Lipinski definition) is 0. The number of fused-ring (bicyclic) bond motifs is 5. The minimum Gasteiger partial charge on any atom is -0.497 e. The van der Waals surface area contributed by atoms with Crippen molar-refractivity contribution in [3.63, 3.8) is 0 Å². The molecule has 2 fully saturated rings. The standard InChI is InChI=1S/C23H28N2O4S/c1-16-20-9-10-25(30(26,27)19-6-4-18(28-2)5-7-19)23(16)22-15-17(3-8-21(20)22)24-11-13-29-14-12-24/h3-8,15-16,20,23H,9-14H2,1-2H3/t16-,20?,23?/m0/s1. The van der Waals surface area contributed by atoms with Gasteiger partial charge in [-0.15, -0.1) is 0 Å². The zero-order valence-electron chi connectivity index (χ0n) is 17.5. The fourth-order valence-corrected chi connectivity index (χ4v) is 7.06. The Bertz CT molecular complexity index is 1030. The Kier molecular flexibility index (Phi) is 5.00. The number of hydrogen-bond acceptors (Lipinski definition) is 5. The van der Waals surface area contributed by atoms with Gasteiger partial charge in [-0.1, -0.05) is 13.0 Å². The van der Waals surface area contributed by atoms with Gasteiger partial charge in [-0.05, 0) is 65.8 Å². The molecule has 2 unspecified atom stereocenters. The average Bonchev–Trinajstić information content (AvgIpc) is 2.94. The van der Waals surface area contributed by atoms with Gasteiger partial charge in [0, 0.05) is 25.3 Å². The van der Waals surface area contributed by atoms with Gasteiger partial charge in [-0.25, -0.2) is 8.42 Å². The number of piperidine rings is 1. The lowest BCUT2D eigenvalue weighted by Gasteiger charge is -2.37. The largest absolute Gasteiger partial charge is 0.497 e. The Morgan fingerprint density at radius 1 is 1.00 bits per heavy atom. The maximum Gasteiger partial charge on any atom is 0.243 e. The first-order chi connectivity index (χ1) is 14.5. The van der Waals surface area contributed by atoms with Crippen molar-refractivity contribution in [2.75, 3.05) is 44.9 Å². The van der Waals surface area contributed by atoms with Crippen LogP contribution in [0.25, 0.3) is 0 Å². The predicted molar refractivity (Wildman–Crippen MR) is 116 cm³/mol. The van der Waals surface area contributed by atoms with Crippen molar-refractivity contribution in [1.82, 2.24) is 4.31 Å². The van der Waals surface area contributed by atoms with Crippen molar-refractivity contribution in [1.29, 1.82) is 0 Å². The van der Waals surface area contributed by atoms with Crippen LogP contribution in [0.3, 0.4) is 0 Å². The first-order valence-electron chi connectivity index (χ1n) is 10.6. The summed E-state index contributed by atoms with van der Waals surface area (Å²) in [5, 5.41) is 0. The van der Waals surface area contributed by atoms with Crippen LogP contribution in [0, 0.1) is 5.92 Å². The highest BCUT2D eigenvalue weighted by molar-refractivity contribution is 7.89. The highest BCUT2D eigenvalue weighted by Crippen LogP contribution is 2.55. The van der Waals surface area contributed by atoms with Gasteiger partial charge in [0.2, 0.25) is 10.0 Å². The molecule has 0 N–H and O–H groups in total. The van der Waals surface area contributed by atoms with Crippen LogP contribution in [0.5, 0.6) is 5.75 Å². The average molecular weight is 429 g/mol. The number of ether oxygens (including phenoxy) is 2. The van der Waals surface area contributed by atoms with Crippen LogP contribution in [0.2, 0.25) is 0 Å². The maximum absolute atomic E-state index is 13.6. The molecule has 160 valence electrons. The van der Waals surface area contributed by atoms with E-state index >= 15 is 0 Å². The Hall–Kier alpha value is -2.09. The minimum absolute atomic E-state index is 0.119. The minimum atomic E-state index is -3.59. The molecule has 2 aliphatic heterocycles. The predicted octanol–water partition coefficient (Wildman–Crippen LogP) is 3.40. The van der Waals surface area contributed by atoms with Gasteiger partial charge in [-0.3, -0.25) is 0 Å². The SMILES string of the molecule is COc1ccc(S(=O)(=O)N2CCC3c4ccc(N5CCOCC5)cc4C2[C@H]3C)cc1. The van der Waals surface area contributed by atoms with E-state index in [0.29, 0.717) is 23.1 Å². The van der Waals surface area contributed by atoms with Crippen molar-refractivity contribution in [3.05, 3.63) is 53.6 Å². The van der Waals surface area contributed by atoms with E-state index < -0.39 is 10.0 Å². The normalized spacial score (nSPS) is 26.5. The molecule has 3 atom stereocenters. The third-order valence-electron chi connectivity index (χ3n) is 6.93. The summed E-state index contributed by atoms with van der Waals surface area (Å²) < 4.78 is 39.6. The first kappa shape index (κ1) is 19.8. The van der Waals surface area contributed by atoms with Crippen LogP contribution in [-0.4, -0.2) is 52.7 Å². The highest BCUT2D eigenvalue weighted by Gasteiger charge is 2.48. The van der Waals surface area contributed by atoms with Crippen LogP contribution in [0.15, 0.2) is 47.4 Å². The van der Waals surface area contributed by atoms with Gasteiger partial charge >= 0.3 is 0 Å². The van der Waals surface area contributed by atoms with E-state index in [1.807, 2.05) is 0 Å². The molecule has 2 saturated heterocycles. The number of sulfonamides is 1. The van der Waals surface area contributed by atoms with Crippen molar-refractivity contribution >= 4 is 15.7 Å². The molecule has 7 heteroatoms. The monoisotopic (exact) mass is 428 g/mol. The first-order valence-corrected chi connectivity index (χ1v) is 12.1. The second-order valence-electron chi connectivity index (χ2n) is 8.40. The number of anilines is 1. The molecule has 6 nitrogen and oxygen atoms in total. The zero-order chi connectivity index (χ0) is 20.9. The van der Waals surface area contributed by atoms with Crippen LogP contribution >= 0.6 is 0 Å². The molecule has 2 aromatic rings. The molecule has 5 rings (SSSR count). The number of benzene rings is 2. The van der Waals surface area contributed by atoms with E-state index in [4.69, 9.17) is 9.47 Å². The van der Waals surface area contributed by atoms with Gasteiger partial charge in [0.15, 0.2) is 0 Å². The fraction of sp³-hybridized carbons (Fsp3) is 0.478. The summed E-state index contributed by atoms with van der Waals surface area (Å²) in [4.78, 5) is 2.66. The van der Waals surface area contributed by atoms with Crippen LogP contribution in [-0.2, 0) is 14.8 Å². The molecule has 2 aromatic carbocycles. The molecule has 0 radical (unpaired) electrons. The van der Waals surface area contributed by atoms with E-state index in [2.05, 4.69) is 30.0 Å². The van der Waals surface area contributed by atoms with Gasteiger partial charge in [-0.2, -0.15) is 4.31 Å². The topological polar surface area (TPSA) is 59.1 Å². The van der Waals surface area contributed by atoms with E-state index in [9.17, 15) is 8.42 Å². The second-order valence-corrected chi connectivity index (χ2v) is 10.3. The maximum atomic E-state index is 13.6. The molecular weight excluding hydrogens is 400 g/mol. The number of nitrogens with zero attached hydrogens (tertiary/aromatic N) is 2. The third-order valence-corrected chi connectivity index (χ3v) is 8.83. The molecule has 0 spiro atoms. The number of methoxy groups -OCH3 is 1. The quantitative estimate of drug-likeness (QED) is 0.747. The van der Waals surface area contributed by atoms with Gasteiger partial charge in [0.05, 0.1) is 31.3 Å². The molecule has 3 aliphatic rings. The zero-order valence-corrected chi connectivity index (χ0v) is 18.3. The van der Waals surface area contributed by atoms with Crippen LogP contribution in [0.1, 0.15) is 36.4 Å². The Balaban J connectivity index is 1.52. The van der Waals surface area contributed by atoms with E-state index in [1.165, 1.54) is 16.8 Å². The van der Waals surface area contributed by atoms with Gasteiger partial charge in [0.1, 0.15) is 5.75 Å². The summed E-state index contributed by atoms with van der Waals surface area (Å²) in [6.07, 6.45) is 0.858. The highest BCUT2D eigenvalue weighted by atomic mass is 32.2. The van der Waals surface area contributed by atoms with Crippen molar-refractivity contribution in [2.45, 2.75) is 30.2 Å². The fourth-order valence-electron chi connectivity index (χ4n) is 5.35. The lowest BCUT2D eigenvalue weighted by molar-refractivity contribution is 0.122. The van der Waals surface area contributed by atoms with Gasteiger partial charge in [0.25, 0.3) is 0 Å². The summed E-state index contributed by atoms with van der Waals surface area (Å²) in [7, 11) is -2.01. The van der Waals surface area contributed by atoms with Gasteiger partial charge < -0.3 is 14.4 Å². The molecular formula is C23H28N2O4S. The van der Waals surface area contributed by atoms with Crippen molar-refractivity contribution in [2.24, 2.45) is 5.92 Å². The summed E-state index contributed by atoms with van der Waals surface area (Å²) >= 11 is 0. The summed E-state index contributed by atoms with van der Waals surface area (Å²) in [6, 6.07) is 13.2. The lowest BCUT2D eigenvalue weighted by Crippen LogP contribution is -2.41. The third kappa shape index (κ3) is 3.11. The van der Waals surface area contributed by atoms with E-state index in [1.54, 1.807) is 35.7 Å². The Morgan fingerprint density at radius 3 is 2.43 bits per heavy atom. The summed E-state index contributed by atoms with van der Waals surface area (Å²) in [5.74, 6) is 1.34. The molecule has 0 amide bonds. The van der Waals surface area contributed by atoms with Crippen LogP contribution < -0.4 is 9.64 Å². The summed E-state index contributed by atoms with van der Waals surface area (Å²) in [5.41, 5.74) is 3.65.